The summed E-state index contributed by atoms with van der Waals surface area (Å²) < 4.78 is 4.67. The number of hydrogen-bond acceptors (Lipinski definition) is 6. The normalized spacial score (nSPS) is 16.0. The van der Waals surface area contributed by atoms with Crippen molar-refractivity contribution in [2.75, 3.05) is 13.1 Å². The quantitative estimate of drug-likeness (QED) is 0.422. The maximum absolute atomic E-state index is 11.5. The third kappa shape index (κ3) is 5.61. The van der Waals surface area contributed by atoms with Gasteiger partial charge in [-0.05, 0) is 78.9 Å². The van der Waals surface area contributed by atoms with E-state index in [0.717, 1.165) is 66.9 Å². The highest BCUT2D eigenvalue weighted by atomic mass is 32.1. The van der Waals surface area contributed by atoms with E-state index in [1.807, 2.05) is 24.3 Å². The molecule has 182 valence electrons. The number of carboxylic acids is 1. The second-order valence-electron chi connectivity index (χ2n) is 9.58. The number of nitrogens with zero attached hydrogens (tertiary/aromatic N) is 4. The first kappa shape index (κ1) is 25.0. The van der Waals surface area contributed by atoms with Crippen molar-refractivity contribution in [1.82, 2.24) is 14.3 Å². The summed E-state index contributed by atoms with van der Waals surface area (Å²) in [6.07, 6.45) is 4.20. The Morgan fingerprint density at radius 1 is 1.29 bits per heavy atom. The summed E-state index contributed by atoms with van der Waals surface area (Å²) in [5, 5.41) is 19.9. The number of aliphatic carboxylic acids is 1. The number of benzene rings is 2. The zero-order valence-electron chi connectivity index (χ0n) is 20.6. The molecule has 1 saturated heterocycles. The number of rotatable bonds is 9. The Labute approximate surface area is 211 Å². The van der Waals surface area contributed by atoms with E-state index in [0.29, 0.717) is 17.3 Å². The van der Waals surface area contributed by atoms with Crippen molar-refractivity contribution in [3.8, 4) is 28.0 Å². The van der Waals surface area contributed by atoms with Crippen molar-refractivity contribution in [3.05, 3.63) is 58.7 Å². The van der Waals surface area contributed by atoms with Crippen molar-refractivity contribution >= 4 is 17.5 Å². The van der Waals surface area contributed by atoms with Crippen LogP contribution in [0.4, 0.5) is 0 Å². The van der Waals surface area contributed by atoms with Gasteiger partial charge in [0.2, 0.25) is 0 Å². The van der Waals surface area contributed by atoms with Crippen molar-refractivity contribution < 1.29 is 9.90 Å². The summed E-state index contributed by atoms with van der Waals surface area (Å²) in [5.41, 5.74) is 6.15. The summed E-state index contributed by atoms with van der Waals surface area (Å²) >= 11 is 1.35. The van der Waals surface area contributed by atoms with Gasteiger partial charge in [0.05, 0.1) is 11.6 Å². The van der Waals surface area contributed by atoms with Crippen LogP contribution in [0.15, 0.2) is 36.4 Å². The molecule has 35 heavy (non-hydrogen) atoms. The number of carbonyl (C=O) groups is 1. The minimum absolute atomic E-state index is 0.365. The van der Waals surface area contributed by atoms with Gasteiger partial charge < -0.3 is 5.11 Å². The average molecular weight is 489 g/mol. The highest BCUT2D eigenvalue weighted by molar-refractivity contribution is 7.09. The lowest BCUT2D eigenvalue weighted by molar-refractivity contribution is -0.142. The molecule has 6 nitrogen and oxygen atoms in total. The van der Waals surface area contributed by atoms with E-state index < -0.39 is 5.97 Å². The van der Waals surface area contributed by atoms with Crippen LogP contribution < -0.4 is 0 Å². The molecule has 0 saturated carbocycles. The average Bonchev–Trinajstić information content (AvgIpc) is 3.52. The molecule has 0 spiro atoms. The first-order chi connectivity index (χ1) is 16.9. The van der Waals surface area contributed by atoms with Crippen molar-refractivity contribution in [3.63, 3.8) is 0 Å². The SMILES string of the molecule is CCc1c(CCN2CCCC2C(=O)O)cccc1-c1nsc(-c2ccc(CC(C)C)c(C#N)c2)n1. The van der Waals surface area contributed by atoms with E-state index in [1.54, 1.807) is 0 Å². The van der Waals surface area contributed by atoms with Crippen LogP contribution in [0, 0.1) is 17.2 Å². The molecule has 1 aliphatic heterocycles. The molecular weight excluding hydrogens is 456 g/mol. The van der Waals surface area contributed by atoms with Crippen LogP contribution in [0.25, 0.3) is 22.0 Å². The van der Waals surface area contributed by atoms with Crippen LogP contribution in [0.1, 0.15) is 55.9 Å². The van der Waals surface area contributed by atoms with Gasteiger partial charge in [-0.3, -0.25) is 9.69 Å². The molecule has 0 amide bonds. The highest BCUT2D eigenvalue weighted by Crippen LogP contribution is 2.31. The topological polar surface area (TPSA) is 90.1 Å². The molecule has 1 fully saturated rings. The van der Waals surface area contributed by atoms with Crippen LogP contribution in [0.3, 0.4) is 0 Å². The summed E-state index contributed by atoms with van der Waals surface area (Å²) in [6.45, 7) is 8.03. The highest BCUT2D eigenvalue weighted by Gasteiger charge is 2.30. The molecule has 1 aromatic heterocycles. The zero-order chi connectivity index (χ0) is 24.9. The molecule has 0 radical (unpaired) electrons. The fourth-order valence-electron chi connectivity index (χ4n) is 5.01. The van der Waals surface area contributed by atoms with E-state index in [9.17, 15) is 15.2 Å². The second-order valence-corrected chi connectivity index (χ2v) is 10.3. The van der Waals surface area contributed by atoms with E-state index in [2.05, 4.69) is 48.2 Å². The third-order valence-electron chi connectivity index (χ3n) is 6.72. The predicted octanol–water partition coefficient (Wildman–Crippen LogP) is 5.60. The van der Waals surface area contributed by atoms with E-state index in [-0.39, 0.29) is 6.04 Å². The fraction of sp³-hybridized carbons (Fsp3) is 0.429. The summed E-state index contributed by atoms with van der Waals surface area (Å²) in [7, 11) is 0. The molecule has 0 aliphatic carbocycles. The van der Waals surface area contributed by atoms with Gasteiger partial charge in [-0.15, -0.1) is 0 Å². The Hall–Kier alpha value is -3.08. The maximum atomic E-state index is 11.5. The molecule has 7 heteroatoms. The monoisotopic (exact) mass is 488 g/mol. The number of nitriles is 1. The van der Waals surface area contributed by atoms with Crippen LogP contribution in [0.5, 0.6) is 0 Å². The first-order valence-corrected chi connectivity index (χ1v) is 13.1. The maximum Gasteiger partial charge on any atom is 0.320 e. The minimum Gasteiger partial charge on any atom is -0.480 e. The van der Waals surface area contributed by atoms with Gasteiger partial charge in [-0.25, -0.2) is 4.98 Å². The Kier molecular flexibility index (Phi) is 7.94. The molecule has 2 aromatic carbocycles. The lowest BCUT2D eigenvalue weighted by Gasteiger charge is -2.22. The predicted molar refractivity (Wildman–Crippen MR) is 139 cm³/mol. The molecule has 1 atom stereocenters. The van der Waals surface area contributed by atoms with E-state index in [1.165, 1.54) is 22.7 Å². The number of likely N-dealkylation sites (tertiary alicyclic amines) is 1. The summed E-state index contributed by atoms with van der Waals surface area (Å²) in [6, 6.07) is 14.2. The molecule has 1 unspecified atom stereocenters. The van der Waals surface area contributed by atoms with Gasteiger partial charge in [0.15, 0.2) is 5.82 Å². The zero-order valence-corrected chi connectivity index (χ0v) is 21.4. The lowest BCUT2D eigenvalue weighted by Crippen LogP contribution is -2.37. The summed E-state index contributed by atoms with van der Waals surface area (Å²) in [4.78, 5) is 18.5. The number of carboxylic acid groups (broad SMARTS) is 1. The standard InChI is InChI=1S/C28H32N4O2S/c1-4-23-19(12-14-32-13-6-9-25(32)28(33)34)7-5-8-24(23)26-30-27(35-31-26)21-11-10-20(15-18(2)3)22(16-21)17-29/h5,7-8,10-11,16,18,25H,4,6,9,12-15H2,1-3H3,(H,33,34). The molecule has 4 rings (SSSR count). The largest absolute Gasteiger partial charge is 0.480 e. The first-order valence-electron chi connectivity index (χ1n) is 12.4. The van der Waals surface area contributed by atoms with Crippen molar-refractivity contribution in [2.24, 2.45) is 5.92 Å². The van der Waals surface area contributed by atoms with Crippen molar-refractivity contribution in [2.45, 2.75) is 58.9 Å². The van der Waals surface area contributed by atoms with Gasteiger partial charge >= 0.3 is 5.97 Å². The fourth-order valence-corrected chi connectivity index (χ4v) is 5.69. The van der Waals surface area contributed by atoms with Gasteiger partial charge in [0.1, 0.15) is 11.0 Å². The Morgan fingerprint density at radius 3 is 2.83 bits per heavy atom. The summed E-state index contributed by atoms with van der Waals surface area (Å²) in [5.74, 6) is 0.474. The molecule has 2 heterocycles. The van der Waals surface area contributed by atoms with Gasteiger partial charge in [-0.1, -0.05) is 51.1 Å². The number of aromatic nitrogens is 2. The van der Waals surface area contributed by atoms with Gasteiger partial charge in [-0.2, -0.15) is 9.64 Å². The van der Waals surface area contributed by atoms with E-state index >= 15 is 0 Å². The van der Waals surface area contributed by atoms with Crippen LogP contribution >= 0.6 is 11.5 Å². The lowest BCUT2D eigenvalue weighted by atomic mass is 9.96. The minimum atomic E-state index is -0.719. The van der Waals surface area contributed by atoms with E-state index in [4.69, 9.17) is 4.98 Å². The van der Waals surface area contributed by atoms with Gasteiger partial charge in [0, 0.05) is 17.7 Å². The van der Waals surface area contributed by atoms with Crippen LogP contribution in [0.2, 0.25) is 0 Å². The van der Waals surface area contributed by atoms with Crippen LogP contribution in [-0.4, -0.2) is 44.5 Å². The second kappa shape index (κ2) is 11.1. The number of hydrogen-bond donors (Lipinski definition) is 1. The Bertz CT molecular complexity index is 1240. The van der Waals surface area contributed by atoms with Gasteiger partial charge in [0.25, 0.3) is 0 Å². The smallest absolute Gasteiger partial charge is 0.320 e. The molecule has 1 aliphatic rings. The third-order valence-corrected chi connectivity index (χ3v) is 7.48. The molecular formula is C28H32N4O2S. The molecule has 3 aromatic rings. The van der Waals surface area contributed by atoms with Crippen LogP contribution in [-0.2, 0) is 24.1 Å². The Balaban J connectivity index is 1.57. The molecule has 0 bridgehead atoms. The van der Waals surface area contributed by atoms with Crippen molar-refractivity contribution in [1.29, 1.82) is 5.26 Å². The Morgan fingerprint density at radius 2 is 2.11 bits per heavy atom. The molecule has 1 N–H and O–H groups in total.